The lowest BCUT2D eigenvalue weighted by Gasteiger charge is -2.25. The van der Waals surface area contributed by atoms with Crippen LogP contribution >= 0.6 is 0 Å². The fraction of sp³-hybridized carbons (Fsp3) is 0.0870. The van der Waals surface area contributed by atoms with Crippen molar-refractivity contribution in [2.24, 2.45) is 0 Å². The molecule has 1 aliphatic heterocycles. The van der Waals surface area contributed by atoms with Crippen molar-refractivity contribution in [1.82, 2.24) is 9.88 Å². The Morgan fingerprint density at radius 3 is 2.55 bits per heavy atom. The molecule has 1 N–H and O–H groups in total. The van der Waals surface area contributed by atoms with Crippen LogP contribution in [0, 0.1) is 0 Å². The minimum absolute atomic E-state index is 0.0654. The summed E-state index contributed by atoms with van der Waals surface area (Å²) < 4.78 is 5.88. The molecule has 2 aromatic carbocycles. The van der Waals surface area contributed by atoms with Gasteiger partial charge in [0.2, 0.25) is 5.76 Å². The van der Waals surface area contributed by atoms with E-state index in [1.165, 1.54) is 0 Å². The number of hydrogen-bond acceptors (Lipinski definition) is 5. The molecule has 0 saturated carbocycles. The quantitative estimate of drug-likeness (QED) is 0.583. The lowest BCUT2D eigenvalue weighted by molar-refractivity contribution is 0.0714. The number of pyridine rings is 1. The van der Waals surface area contributed by atoms with Crippen LogP contribution in [0.25, 0.3) is 11.0 Å². The number of fused-ring (bicyclic) bond motifs is 2. The Kier molecular flexibility index (Phi) is 3.91. The van der Waals surface area contributed by atoms with Crippen molar-refractivity contribution >= 4 is 16.9 Å². The molecule has 0 saturated heterocycles. The number of phenols is 1. The Hall–Kier alpha value is -3.93. The second-order valence-electron chi connectivity index (χ2n) is 6.96. The van der Waals surface area contributed by atoms with E-state index in [4.69, 9.17) is 4.42 Å². The summed E-state index contributed by atoms with van der Waals surface area (Å²) >= 11 is 0. The van der Waals surface area contributed by atoms with E-state index in [9.17, 15) is 14.7 Å². The topological polar surface area (TPSA) is 83.6 Å². The predicted molar refractivity (Wildman–Crippen MR) is 107 cm³/mol. The molecule has 0 bridgehead atoms. The Morgan fingerprint density at radius 2 is 1.79 bits per heavy atom. The largest absolute Gasteiger partial charge is 0.508 e. The number of nitrogens with zero attached hydrogens (tertiary/aromatic N) is 2. The molecule has 6 heteroatoms. The molecule has 0 aliphatic carbocycles. The van der Waals surface area contributed by atoms with Crippen LogP contribution in [-0.4, -0.2) is 20.9 Å². The normalized spacial score (nSPS) is 15.7. The third-order valence-corrected chi connectivity index (χ3v) is 5.16. The van der Waals surface area contributed by atoms with E-state index in [1.54, 1.807) is 71.9 Å². The summed E-state index contributed by atoms with van der Waals surface area (Å²) in [5.74, 6) is -0.164. The van der Waals surface area contributed by atoms with Crippen molar-refractivity contribution in [3.05, 3.63) is 106 Å². The molecule has 0 radical (unpaired) electrons. The van der Waals surface area contributed by atoms with Gasteiger partial charge >= 0.3 is 0 Å². The van der Waals surface area contributed by atoms with Crippen LogP contribution in [0.3, 0.4) is 0 Å². The number of aromatic nitrogens is 1. The summed E-state index contributed by atoms with van der Waals surface area (Å²) in [5.41, 5.74) is 2.05. The molecule has 29 heavy (non-hydrogen) atoms. The highest BCUT2D eigenvalue weighted by Gasteiger charge is 2.42. The van der Waals surface area contributed by atoms with E-state index < -0.39 is 6.04 Å². The van der Waals surface area contributed by atoms with Crippen LogP contribution in [-0.2, 0) is 6.54 Å². The van der Waals surface area contributed by atoms with E-state index in [-0.39, 0.29) is 29.4 Å². The average Bonchev–Trinajstić information content (AvgIpc) is 3.02. The van der Waals surface area contributed by atoms with Crippen molar-refractivity contribution in [3.63, 3.8) is 0 Å². The van der Waals surface area contributed by atoms with Gasteiger partial charge in [-0.2, -0.15) is 0 Å². The molecular weight excluding hydrogens is 368 g/mol. The lowest BCUT2D eigenvalue weighted by Crippen LogP contribution is -2.29. The van der Waals surface area contributed by atoms with Crippen molar-refractivity contribution in [2.45, 2.75) is 12.6 Å². The highest BCUT2D eigenvalue weighted by Crippen LogP contribution is 2.39. The van der Waals surface area contributed by atoms with Gasteiger partial charge in [0.1, 0.15) is 11.3 Å². The predicted octanol–water partition coefficient (Wildman–Crippen LogP) is 3.64. The zero-order chi connectivity index (χ0) is 20.0. The molecule has 5 rings (SSSR count). The number of carbonyl (C=O) groups excluding carboxylic acids is 1. The first-order valence-corrected chi connectivity index (χ1v) is 9.18. The molecule has 142 valence electrons. The van der Waals surface area contributed by atoms with Gasteiger partial charge in [0, 0.05) is 18.9 Å². The van der Waals surface area contributed by atoms with Gasteiger partial charge in [-0.3, -0.25) is 14.6 Å². The van der Waals surface area contributed by atoms with Crippen LogP contribution in [0.5, 0.6) is 5.75 Å². The van der Waals surface area contributed by atoms with Gasteiger partial charge in [0.05, 0.1) is 17.0 Å². The van der Waals surface area contributed by atoms with Crippen LogP contribution in [0.1, 0.15) is 33.3 Å². The number of carbonyl (C=O) groups is 1. The highest BCUT2D eigenvalue weighted by atomic mass is 16.3. The summed E-state index contributed by atoms with van der Waals surface area (Å²) in [4.78, 5) is 32.3. The van der Waals surface area contributed by atoms with Crippen molar-refractivity contribution in [1.29, 1.82) is 0 Å². The smallest absolute Gasteiger partial charge is 0.291 e. The molecule has 0 fully saturated rings. The fourth-order valence-corrected chi connectivity index (χ4v) is 3.82. The van der Waals surface area contributed by atoms with Gasteiger partial charge < -0.3 is 14.4 Å². The number of benzene rings is 2. The average molecular weight is 384 g/mol. The van der Waals surface area contributed by atoms with E-state index in [1.807, 2.05) is 6.07 Å². The maximum atomic E-state index is 13.3. The second-order valence-corrected chi connectivity index (χ2v) is 6.96. The second kappa shape index (κ2) is 6.60. The van der Waals surface area contributed by atoms with Gasteiger partial charge in [0.15, 0.2) is 5.43 Å². The first kappa shape index (κ1) is 17.2. The highest BCUT2D eigenvalue weighted by molar-refractivity contribution is 5.99. The Bertz CT molecular complexity index is 1280. The molecule has 4 aromatic rings. The van der Waals surface area contributed by atoms with Gasteiger partial charge in [0.25, 0.3) is 5.91 Å². The zero-order valence-corrected chi connectivity index (χ0v) is 15.3. The van der Waals surface area contributed by atoms with Gasteiger partial charge in [-0.1, -0.05) is 30.3 Å². The molecule has 6 nitrogen and oxygen atoms in total. The summed E-state index contributed by atoms with van der Waals surface area (Å²) in [7, 11) is 0. The third-order valence-electron chi connectivity index (χ3n) is 5.16. The maximum Gasteiger partial charge on any atom is 0.291 e. The van der Waals surface area contributed by atoms with Crippen molar-refractivity contribution in [2.75, 3.05) is 0 Å². The summed E-state index contributed by atoms with van der Waals surface area (Å²) in [5, 5.41) is 10.1. The summed E-state index contributed by atoms with van der Waals surface area (Å²) in [6.07, 6.45) is 3.36. The summed E-state index contributed by atoms with van der Waals surface area (Å²) in [6.45, 7) is 0.276. The van der Waals surface area contributed by atoms with Crippen LogP contribution < -0.4 is 5.43 Å². The molecule has 1 aliphatic rings. The summed E-state index contributed by atoms with van der Waals surface area (Å²) in [6, 6.07) is 16.5. The van der Waals surface area contributed by atoms with E-state index in [0.717, 1.165) is 11.1 Å². The van der Waals surface area contributed by atoms with Gasteiger partial charge in [-0.05, 0) is 41.5 Å². The van der Waals surface area contributed by atoms with E-state index in [2.05, 4.69) is 4.98 Å². The Morgan fingerprint density at radius 1 is 1.00 bits per heavy atom. The number of amides is 1. The number of rotatable bonds is 3. The number of hydrogen-bond donors (Lipinski definition) is 1. The SMILES string of the molecule is O=C1c2oc3ccccc3c(=O)c2C(c2ccc(O)cc2)N1Cc1cccnc1. The van der Waals surface area contributed by atoms with Gasteiger partial charge in [-0.15, -0.1) is 0 Å². The molecule has 0 spiro atoms. The fourth-order valence-electron chi connectivity index (χ4n) is 3.82. The number of aromatic hydroxyl groups is 1. The monoisotopic (exact) mass is 384 g/mol. The number of para-hydroxylation sites is 1. The minimum Gasteiger partial charge on any atom is -0.508 e. The molecule has 1 atom stereocenters. The lowest BCUT2D eigenvalue weighted by atomic mass is 9.98. The van der Waals surface area contributed by atoms with Crippen LogP contribution in [0.2, 0.25) is 0 Å². The Balaban J connectivity index is 1.73. The van der Waals surface area contributed by atoms with Crippen molar-refractivity contribution < 1.29 is 14.3 Å². The zero-order valence-electron chi connectivity index (χ0n) is 15.3. The third kappa shape index (κ3) is 2.77. The number of phenolic OH excluding ortho intramolecular Hbond substituents is 1. The first-order chi connectivity index (χ1) is 14.1. The Labute approximate surface area is 165 Å². The first-order valence-electron chi connectivity index (χ1n) is 9.18. The van der Waals surface area contributed by atoms with Crippen LogP contribution in [0.15, 0.2) is 82.3 Å². The maximum absolute atomic E-state index is 13.3. The van der Waals surface area contributed by atoms with Gasteiger partial charge in [-0.25, -0.2) is 0 Å². The van der Waals surface area contributed by atoms with Crippen molar-refractivity contribution in [3.8, 4) is 5.75 Å². The van der Waals surface area contributed by atoms with Crippen LogP contribution in [0.4, 0.5) is 0 Å². The molecule has 1 amide bonds. The van der Waals surface area contributed by atoms with E-state index >= 15 is 0 Å². The standard InChI is InChI=1S/C23H16N2O4/c26-16-9-7-15(8-10-16)20-19-21(27)17-5-1-2-6-18(17)29-22(19)23(28)25(20)13-14-4-3-11-24-12-14/h1-12,20,26H,13H2. The minimum atomic E-state index is -0.612. The van der Waals surface area contributed by atoms with E-state index in [0.29, 0.717) is 16.5 Å². The molecule has 3 heterocycles. The molecule has 1 unspecified atom stereocenters. The molecular formula is C23H16N2O4. The molecule has 2 aromatic heterocycles.